The fourth-order valence-electron chi connectivity index (χ4n) is 2.32. The number of nitrogens with one attached hydrogen (secondary N) is 2. The van der Waals surface area contributed by atoms with E-state index in [1.54, 1.807) is 36.4 Å². The minimum atomic E-state index is -3.88. The molecule has 0 unspecified atom stereocenters. The molecule has 0 amide bonds. The van der Waals surface area contributed by atoms with Crippen molar-refractivity contribution in [2.24, 2.45) is 0 Å². The van der Waals surface area contributed by atoms with E-state index in [0.717, 1.165) is 5.56 Å². The number of para-hydroxylation sites is 1. The molecule has 23 heavy (non-hydrogen) atoms. The summed E-state index contributed by atoms with van der Waals surface area (Å²) in [5, 5.41) is 9.80. The summed E-state index contributed by atoms with van der Waals surface area (Å²) in [5.74, 6) is -1.23. The predicted octanol–water partition coefficient (Wildman–Crippen LogP) is 2.98. The summed E-state index contributed by atoms with van der Waals surface area (Å²) >= 11 is 0. The zero-order valence-corrected chi connectivity index (χ0v) is 13.0. The van der Waals surface area contributed by atoms with Crippen molar-refractivity contribution in [2.45, 2.75) is 11.8 Å². The first-order valence-corrected chi connectivity index (χ1v) is 8.30. The lowest BCUT2D eigenvalue weighted by atomic mass is 10.2. The predicted molar refractivity (Wildman–Crippen MR) is 87.2 cm³/mol. The van der Waals surface area contributed by atoms with Gasteiger partial charge in [-0.2, -0.15) is 0 Å². The number of carbonyl (C=O) groups is 1. The Hall–Kier alpha value is -2.80. The molecular formula is C16H14N2O4S. The summed E-state index contributed by atoms with van der Waals surface area (Å²) in [6, 6.07) is 13.1. The van der Waals surface area contributed by atoms with Gasteiger partial charge in [-0.1, -0.05) is 35.9 Å². The van der Waals surface area contributed by atoms with E-state index < -0.39 is 16.0 Å². The van der Waals surface area contributed by atoms with Gasteiger partial charge in [0.15, 0.2) is 0 Å². The van der Waals surface area contributed by atoms with Gasteiger partial charge < -0.3 is 10.1 Å². The molecule has 1 heterocycles. The fourth-order valence-corrected chi connectivity index (χ4v) is 3.41. The SMILES string of the molecule is Cc1ccc(S(=O)(=O)Nc2c(C(=O)O)[nH]c3ccccc23)cc1. The van der Waals surface area contributed by atoms with Crippen molar-refractivity contribution in [2.75, 3.05) is 4.72 Å². The Morgan fingerprint density at radius 2 is 1.74 bits per heavy atom. The Kier molecular flexibility index (Phi) is 3.57. The van der Waals surface area contributed by atoms with E-state index in [4.69, 9.17) is 0 Å². The molecule has 3 rings (SSSR count). The highest BCUT2D eigenvalue weighted by Gasteiger charge is 2.22. The Morgan fingerprint density at radius 1 is 1.09 bits per heavy atom. The molecule has 2 aromatic carbocycles. The summed E-state index contributed by atoms with van der Waals surface area (Å²) in [6.07, 6.45) is 0. The van der Waals surface area contributed by atoms with Crippen LogP contribution in [0.4, 0.5) is 5.69 Å². The molecule has 7 heteroatoms. The molecule has 0 radical (unpaired) electrons. The van der Waals surface area contributed by atoms with E-state index in [1.807, 2.05) is 6.92 Å². The van der Waals surface area contributed by atoms with Crippen molar-refractivity contribution in [3.63, 3.8) is 0 Å². The molecule has 0 bridgehead atoms. The summed E-state index contributed by atoms with van der Waals surface area (Å²) in [4.78, 5) is 14.2. The lowest BCUT2D eigenvalue weighted by molar-refractivity contribution is 0.0692. The maximum atomic E-state index is 12.5. The number of H-pyrrole nitrogens is 1. The number of rotatable bonds is 4. The van der Waals surface area contributed by atoms with Crippen LogP contribution in [-0.2, 0) is 10.0 Å². The minimum absolute atomic E-state index is 0.0358. The van der Waals surface area contributed by atoms with Crippen LogP contribution in [0.3, 0.4) is 0 Å². The Bertz CT molecular complexity index is 989. The average molecular weight is 330 g/mol. The van der Waals surface area contributed by atoms with E-state index in [2.05, 4.69) is 9.71 Å². The van der Waals surface area contributed by atoms with Crippen LogP contribution < -0.4 is 4.72 Å². The van der Waals surface area contributed by atoms with Crippen LogP contribution in [-0.4, -0.2) is 24.5 Å². The first-order chi connectivity index (χ1) is 10.9. The first-order valence-electron chi connectivity index (χ1n) is 6.82. The summed E-state index contributed by atoms with van der Waals surface area (Å²) in [6.45, 7) is 1.85. The van der Waals surface area contributed by atoms with Gasteiger partial charge in [-0.3, -0.25) is 4.72 Å². The number of aryl methyl sites for hydroxylation is 1. The van der Waals surface area contributed by atoms with Crippen LogP contribution in [0.5, 0.6) is 0 Å². The average Bonchev–Trinajstić information content (AvgIpc) is 2.86. The molecule has 0 saturated heterocycles. The number of aromatic carboxylic acids is 1. The second-order valence-corrected chi connectivity index (χ2v) is 6.83. The second kappa shape index (κ2) is 5.44. The maximum absolute atomic E-state index is 12.5. The zero-order chi connectivity index (χ0) is 16.6. The first kappa shape index (κ1) is 15.1. The van der Waals surface area contributed by atoms with Gasteiger partial charge in [0.25, 0.3) is 10.0 Å². The van der Waals surface area contributed by atoms with Gasteiger partial charge in [0, 0.05) is 10.9 Å². The normalized spacial score (nSPS) is 11.5. The van der Waals surface area contributed by atoms with Crippen molar-refractivity contribution in [3.05, 3.63) is 59.8 Å². The Labute approximate surface area is 132 Å². The Morgan fingerprint density at radius 3 is 2.39 bits per heavy atom. The monoisotopic (exact) mass is 330 g/mol. The molecule has 1 aromatic heterocycles. The number of aromatic nitrogens is 1. The van der Waals surface area contributed by atoms with Crippen LogP contribution in [0, 0.1) is 6.92 Å². The second-order valence-electron chi connectivity index (χ2n) is 5.14. The Balaban J connectivity index is 2.12. The third-order valence-corrected chi connectivity index (χ3v) is 4.85. The molecular weight excluding hydrogens is 316 g/mol. The molecule has 6 nitrogen and oxygen atoms in total. The van der Waals surface area contributed by atoms with Crippen LogP contribution in [0.15, 0.2) is 53.4 Å². The number of carboxylic acids is 1. The molecule has 0 aliphatic rings. The van der Waals surface area contributed by atoms with Gasteiger partial charge in [0.1, 0.15) is 5.69 Å². The molecule has 0 spiro atoms. The summed E-state index contributed by atoms with van der Waals surface area (Å²) in [7, 11) is -3.88. The van der Waals surface area contributed by atoms with Crippen LogP contribution in [0.25, 0.3) is 10.9 Å². The maximum Gasteiger partial charge on any atom is 0.354 e. The smallest absolute Gasteiger partial charge is 0.354 e. The highest BCUT2D eigenvalue weighted by atomic mass is 32.2. The van der Waals surface area contributed by atoms with Crippen molar-refractivity contribution < 1.29 is 18.3 Å². The van der Waals surface area contributed by atoms with Gasteiger partial charge >= 0.3 is 5.97 Å². The molecule has 0 fully saturated rings. The summed E-state index contributed by atoms with van der Waals surface area (Å²) in [5.41, 5.74) is 1.32. The van der Waals surface area contributed by atoms with Gasteiger partial charge in [-0.15, -0.1) is 0 Å². The molecule has 0 atom stereocenters. The number of hydrogen-bond acceptors (Lipinski definition) is 3. The number of carboxylic acid groups (broad SMARTS) is 1. The highest BCUT2D eigenvalue weighted by Crippen LogP contribution is 2.29. The topological polar surface area (TPSA) is 99.3 Å². The number of aromatic amines is 1. The number of anilines is 1. The molecule has 0 saturated carbocycles. The van der Waals surface area contributed by atoms with Crippen molar-refractivity contribution >= 4 is 32.6 Å². The van der Waals surface area contributed by atoms with Gasteiger partial charge in [-0.25, -0.2) is 13.2 Å². The summed E-state index contributed by atoms with van der Waals surface area (Å²) < 4.78 is 27.4. The highest BCUT2D eigenvalue weighted by molar-refractivity contribution is 7.92. The third kappa shape index (κ3) is 2.78. The molecule has 0 aliphatic heterocycles. The van der Waals surface area contributed by atoms with E-state index in [0.29, 0.717) is 10.9 Å². The van der Waals surface area contributed by atoms with E-state index in [9.17, 15) is 18.3 Å². The quantitative estimate of drug-likeness (QED) is 0.685. The van der Waals surface area contributed by atoms with Crippen molar-refractivity contribution in [1.82, 2.24) is 4.98 Å². The van der Waals surface area contributed by atoms with Crippen LogP contribution in [0.1, 0.15) is 16.1 Å². The minimum Gasteiger partial charge on any atom is -0.477 e. The van der Waals surface area contributed by atoms with Crippen LogP contribution in [0.2, 0.25) is 0 Å². The lowest BCUT2D eigenvalue weighted by Crippen LogP contribution is -2.15. The largest absolute Gasteiger partial charge is 0.477 e. The molecule has 3 N–H and O–H groups in total. The van der Waals surface area contributed by atoms with Crippen molar-refractivity contribution in [1.29, 1.82) is 0 Å². The third-order valence-electron chi connectivity index (χ3n) is 3.49. The molecule has 118 valence electrons. The van der Waals surface area contributed by atoms with Crippen molar-refractivity contribution in [3.8, 4) is 0 Å². The van der Waals surface area contributed by atoms with E-state index in [-0.39, 0.29) is 16.3 Å². The zero-order valence-electron chi connectivity index (χ0n) is 12.2. The lowest BCUT2D eigenvalue weighted by Gasteiger charge is -2.08. The van der Waals surface area contributed by atoms with E-state index >= 15 is 0 Å². The van der Waals surface area contributed by atoms with Crippen LogP contribution >= 0.6 is 0 Å². The number of sulfonamides is 1. The number of benzene rings is 2. The fraction of sp³-hybridized carbons (Fsp3) is 0.0625. The molecule has 0 aliphatic carbocycles. The van der Waals surface area contributed by atoms with Gasteiger partial charge in [0.2, 0.25) is 0 Å². The standard InChI is InChI=1S/C16H14N2O4S/c1-10-6-8-11(9-7-10)23(21,22)18-14-12-4-2-3-5-13(12)17-15(14)16(19)20/h2-9,17-18H,1H3,(H,19,20). The van der Waals surface area contributed by atoms with Gasteiger partial charge in [0.05, 0.1) is 10.6 Å². The van der Waals surface area contributed by atoms with Gasteiger partial charge in [-0.05, 0) is 25.1 Å². The molecule has 3 aromatic rings. The number of fused-ring (bicyclic) bond motifs is 1. The van der Waals surface area contributed by atoms with E-state index in [1.165, 1.54) is 12.1 Å². The number of hydrogen-bond donors (Lipinski definition) is 3.